The summed E-state index contributed by atoms with van der Waals surface area (Å²) in [6.45, 7) is 1.40. The molecule has 1 aromatic carbocycles. The van der Waals surface area contributed by atoms with Gasteiger partial charge in [0.05, 0.1) is 4.92 Å². The van der Waals surface area contributed by atoms with Gasteiger partial charge in [-0.15, -0.1) is 0 Å². The van der Waals surface area contributed by atoms with Gasteiger partial charge in [-0.2, -0.15) is 0 Å². The Bertz CT molecular complexity index is 965. The van der Waals surface area contributed by atoms with Crippen molar-refractivity contribution in [1.29, 1.82) is 0 Å². The summed E-state index contributed by atoms with van der Waals surface area (Å²) >= 11 is 5.80. The molecule has 1 atom stereocenters. The van der Waals surface area contributed by atoms with Crippen LogP contribution in [0.25, 0.3) is 0 Å². The second-order valence-electron chi connectivity index (χ2n) is 4.86. The van der Waals surface area contributed by atoms with E-state index in [-0.39, 0.29) is 5.82 Å². The Hall–Kier alpha value is -2.46. The van der Waals surface area contributed by atoms with Crippen molar-refractivity contribution in [2.75, 3.05) is 7.05 Å². The Balaban J connectivity index is 2.81. The minimum absolute atomic E-state index is 0.0313. The number of nitro groups is 1. The number of nitrogens with zero attached hydrogens (tertiary/aromatic N) is 4. The van der Waals surface area contributed by atoms with Crippen LogP contribution in [0.3, 0.4) is 0 Å². The highest BCUT2D eigenvalue weighted by molar-refractivity contribution is 7.92. The van der Waals surface area contributed by atoms with Crippen molar-refractivity contribution < 1.29 is 17.7 Å². The van der Waals surface area contributed by atoms with Crippen LogP contribution in [0.5, 0.6) is 0 Å². The van der Waals surface area contributed by atoms with Crippen molar-refractivity contribution in [2.45, 2.75) is 17.1 Å². The minimum atomic E-state index is -4.41. The van der Waals surface area contributed by atoms with Crippen LogP contribution in [-0.4, -0.2) is 36.6 Å². The molecule has 0 aliphatic carbocycles. The summed E-state index contributed by atoms with van der Waals surface area (Å²) in [7, 11) is -3.13. The summed E-state index contributed by atoms with van der Waals surface area (Å²) < 4.78 is 39.8. The summed E-state index contributed by atoms with van der Waals surface area (Å²) in [6.07, 6.45) is 0.937. The first-order valence-corrected chi connectivity index (χ1v) is 8.71. The molecule has 0 aliphatic heterocycles. The first kappa shape index (κ1) is 18.9. The second-order valence-corrected chi connectivity index (χ2v) is 7.25. The van der Waals surface area contributed by atoms with Crippen LogP contribution in [0.15, 0.2) is 34.2 Å². The molecule has 0 spiro atoms. The van der Waals surface area contributed by atoms with Crippen LogP contribution in [0.2, 0.25) is 5.15 Å². The van der Waals surface area contributed by atoms with Crippen LogP contribution < -0.4 is 0 Å². The van der Waals surface area contributed by atoms with Crippen molar-refractivity contribution in [1.82, 2.24) is 9.97 Å². The monoisotopic (exact) mass is 386 g/mol. The summed E-state index contributed by atoms with van der Waals surface area (Å²) in [5.41, 5.74) is -1.24. The highest BCUT2D eigenvalue weighted by Crippen LogP contribution is 2.36. The predicted octanol–water partition coefficient (Wildman–Crippen LogP) is 2.70. The van der Waals surface area contributed by atoms with E-state index in [0.717, 1.165) is 18.3 Å². The molecule has 1 heterocycles. The Labute approximate surface area is 147 Å². The summed E-state index contributed by atoms with van der Waals surface area (Å²) in [4.78, 5) is 21.0. The third kappa shape index (κ3) is 3.64. The topological polar surface area (TPSA) is 115 Å². The zero-order valence-electron chi connectivity index (χ0n) is 13.1. The largest absolute Gasteiger partial charge is 0.329 e. The Morgan fingerprint density at radius 3 is 2.56 bits per heavy atom. The molecule has 11 heteroatoms. The number of hydrogen-bond donors (Lipinski definition) is 0. The van der Waals surface area contributed by atoms with Crippen molar-refractivity contribution in [3.05, 3.63) is 56.9 Å². The second kappa shape index (κ2) is 7.19. The van der Waals surface area contributed by atoms with Gasteiger partial charge in [0.1, 0.15) is 27.5 Å². The lowest BCUT2D eigenvalue weighted by molar-refractivity contribution is -0.386. The molecule has 0 saturated heterocycles. The van der Waals surface area contributed by atoms with Crippen LogP contribution in [-0.2, 0) is 9.84 Å². The maximum atomic E-state index is 14.0. The van der Waals surface area contributed by atoms with Gasteiger partial charge in [0, 0.05) is 13.3 Å². The van der Waals surface area contributed by atoms with E-state index in [2.05, 4.69) is 15.0 Å². The van der Waals surface area contributed by atoms with E-state index < -0.39 is 47.3 Å². The zero-order valence-corrected chi connectivity index (χ0v) is 14.6. The smallest absolute Gasteiger partial charge is 0.299 e. The molecule has 0 fully saturated rings. The van der Waals surface area contributed by atoms with Gasteiger partial charge in [-0.1, -0.05) is 23.7 Å². The minimum Gasteiger partial charge on any atom is -0.299 e. The van der Waals surface area contributed by atoms with E-state index >= 15 is 0 Å². The quantitative estimate of drug-likeness (QED) is 0.337. The van der Waals surface area contributed by atoms with E-state index in [4.69, 9.17) is 11.6 Å². The number of rotatable bonds is 5. The number of sulfone groups is 1. The first-order valence-electron chi connectivity index (χ1n) is 6.79. The van der Waals surface area contributed by atoms with Crippen LogP contribution >= 0.6 is 11.6 Å². The highest BCUT2D eigenvalue weighted by atomic mass is 35.5. The number of aryl methyl sites for hydroxylation is 1. The van der Waals surface area contributed by atoms with Gasteiger partial charge in [0.25, 0.3) is 0 Å². The molecule has 8 nitrogen and oxygen atoms in total. The van der Waals surface area contributed by atoms with E-state index in [0.29, 0.717) is 0 Å². The molecule has 0 N–H and O–H groups in total. The molecule has 0 bridgehead atoms. The van der Waals surface area contributed by atoms with Gasteiger partial charge in [-0.3, -0.25) is 15.1 Å². The van der Waals surface area contributed by atoms with E-state index in [1.807, 2.05) is 0 Å². The highest BCUT2D eigenvalue weighted by Gasteiger charge is 2.38. The van der Waals surface area contributed by atoms with Gasteiger partial charge < -0.3 is 0 Å². The maximum absolute atomic E-state index is 14.0. The third-order valence-corrected chi connectivity index (χ3v) is 5.42. The molecule has 0 aliphatic rings. The average molecular weight is 387 g/mol. The lowest BCUT2D eigenvalue weighted by Crippen LogP contribution is -2.20. The number of benzene rings is 1. The molecule has 25 heavy (non-hydrogen) atoms. The van der Waals surface area contributed by atoms with E-state index in [9.17, 15) is 22.9 Å². The fraction of sp³-hybridized carbons (Fsp3) is 0.214. The van der Waals surface area contributed by atoms with Crippen molar-refractivity contribution in [2.24, 2.45) is 4.99 Å². The van der Waals surface area contributed by atoms with Gasteiger partial charge >= 0.3 is 5.69 Å². The first-order chi connectivity index (χ1) is 11.7. The van der Waals surface area contributed by atoms with E-state index in [1.54, 1.807) is 0 Å². The Morgan fingerprint density at radius 2 is 2.00 bits per heavy atom. The molecular formula is C14H12ClFN4O4S. The normalized spacial score (nSPS) is 13.1. The van der Waals surface area contributed by atoms with Crippen molar-refractivity contribution >= 4 is 33.3 Å². The summed E-state index contributed by atoms with van der Waals surface area (Å²) in [5, 5.41) is 9.11. The third-order valence-electron chi connectivity index (χ3n) is 3.19. The molecule has 2 aromatic rings. The average Bonchev–Trinajstić information content (AvgIpc) is 2.51. The lowest BCUT2D eigenvalue weighted by Gasteiger charge is -2.14. The molecule has 0 radical (unpaired) electrons. The molecule has 1 unspecified atom stereocenters. The van der Waals surface area contributed by atoms with Crippen LogP contribution in [0.1, 0.15) is 16.8 Å². The molecule has 0 saturated carbocycles. The molecule has 2 rings (SSSR count). The SMILES string of the molecule is CN=CC(c1nc(C)nc(Cl)c1[N+](=O)[O-])S(=O)(=O)c1ccccc1F. The molecular weight excluding hydrogens is 375 g/mol. The zero-order chi connectivity index (χ0) is 18.8. The lowest BCUT2D eigenvalue weighted by atomic mass is 10.2. The fourth-order valence-corrected chi connectivity index (χ4v) is 4.08. The molecule has 0 amide bonds. The van der Waals surface area contributed by atoms with E-state index in [1.165, 1.54) is 26.1 Å². The van der Waals surface area contributed by atoms with Crippen molar-refractivity contribution in [3.63, 3.8) is 0 Å². The van der Waals surface area contributed by atoms with Gasteiger partial charge in [0.2, 0.25) is 5.15 Å². The van der Waals surface area contributed by atoms with Crippen LogP contribution in [0.4, 0.5) is 10.1 Å². The summed E-state index contributed by atoms with van der Waals surface area (Å²) in [5.74, 6) is -0.958. The molecule has 1 aromatic heterocycles. The number of halogens is 2. The Morgan fingerprint density at radius 1 is 1.36 bits per heavy atom. The fourth-order valence-electron chi connectivity index (χ4n) is 2.17. The Kier molecular flexibility index (Phi) is 5.43. The van der Waals surface area contributed by atoms with Gasteiger partial charge in [-0.25, -0.2) is 22.8 Å². The number of hydrogen-bond acceptors (Lipinski definition) is 7. The maximum Gasteiger partial charge on any atom is 0.329 e. The van der Waals surface area contributed by atoms with Gasteiger partial charge in [0.15, 0.2) is 9.84 Å². The number of aliphatic imine (C=N–C) groups is 1. The van der Waals surface area contributed by atoms with Crippen molar-refractivity contribution in [3.8, 4) is 0 Å². The van der Waals surface area contributed by atoms with Crippen LogP contribution in [0, 0.1) is 22.9 Å². The van der Waals surface area contributed by atoms with Gasteiger partial charge in [-0.05, 0) is 19.1 Å². The number of aromatic nitrogens is 2. The molecule has 132 valence electrons. The summed E-state index contributed by atoms with van der Waals surface area (Å²) in [6, 6.07) is 4.69. The standard InChI is InChI=1S/C14H12ClFN4O4S/c1-8-18-12(13(20(21)22)14(15)19-8)11(7-17-2)25(23,24)10-6-4-3-5-9(10)16/h3-7,11H,1-2H3. The predicted molar refractivity (Wildman–Crippen MR) is 89.2 cm³/mol.